The van der Waals surface area contributed by atoms with Gasteiger partial charge in [-0.1, -0.05) is 11.3 Å². The van der Waals surface area contributed by atoms with Crippen LogP contribution in [0.15, 0.2) is 24.4 Å². The van der Waals surface area contributed by atoms with Gasteiger partial charge in [-0.25, -0.2) is 4.68 Å². The second-order valence-electron chi connectivity index (χ2n) is 4.26. The molecule has 6 heteroatoms. The Bertz CT molecular complexity index is 569. The highest BCUT2D eigenvalue weighted by Gasteiger charge is 2.17. The van der Waals surface area contributed by atoms with Gasteiger partial charge in [-0.2, -0.15) is 0 Å². The van der Waals surface area contributed by atoms with Gasteiger partial charge < -0.3 is 14.6 Å². The minimum absolute atomic E-state index is 0.535. The lowest BCUT2D eigenvalue weighted by molar-refractivity contribution is 0.208. The van der Waals surface area contributed by atoms with Gasteiger partial charge in [0, 0.05) is 7.05 Å². The fraction of sp³-hybridized carbons (Fsp3) is 0.429. The molecule has 1 unspecified atom stereocenters. The summed E-state index contributed by atoms with van der Waals surface area (Å²) in [7, 11) is 1.74. The molecule has 20 heavy (non-hydrogen) atoms. The van der Waals surface area contributed by atoms with E-state index in [-0.39, 0.29) is 0 Å². The minimum atomic E-state index is -0.801. The number of rotatable bonds is 6. The predicted octanol–water partition coefficient (Wildman–Crippen LogP) is 1.69. The highest BCUT2D eigenvalue weighted by atomic mass is 16.5. The average molecular weight is 277 g/mol. The Morgan fingerprint density at radius 1 is 1.20 bits per heavy atom. The van der Waals surface area contributed by atoms with Crippen LogP contribution in [0.25, 0.3) is 0 Å². The summed E-state index contributed by atoms with van der Waals surface area (Å²) in [6.45, 7) is 4.92. The summed E-state index contributed by atoms with van der Waals surface area (Å²) >= 11 is 0. The third-order valence-corrected chi connectivity index (χ3v) is 2.91. The maximum Gasteiger partial charge on any atom is 0.161 e. The van der Waals surface area contributed by atoms with Crippen LogP contribution in [-0.2, 0) is 7.05 Å². The van der Waals surface area contributed by atoms with Gasteiger partial charge in [0.25, 0.3) is 0 Å². The fourth-order valence-corrected chi connectivity index (χ4v) is 1.95. The van der Waals surface area contributed by atoms with Crippen LogP contribution in [0.2, 0.25) is 0 Å². The molecule has 108 valence electrons. The third kappa shape index (κ3) is 2.91. The maximum atomic E-state index is 10.4. The molecule has 1 aromatic carbocycles. The number of ether oxygens (including phenoxy) is 2. The zero-order chi connectivity index (χ0) is 14.5. The fourth-order valence-electron chi connectivity index (χ4n) is 1.95. The highest BCUT2D eigenvalue weighted by molar-refractivity contribution is 5.44. The normalized spacial score (nSPS) is 12.2. The van der Waals surface area contributed by atoms with Crippen molar-refractivity contribution in [2.75, 3.05) is 13.2 Å². The number of hydrogen-bond donors (Lipinski definition) is 1. The molecular formula is C14H19N3O3. The van der Waals surface area contributed by atoms with Crippen molar-refractivity contribution >= 4 is 0 Å². The van der Waals surface area contributed by atoms with Crippen LogP contribution >= 0.6 is 0 Å². The predicted molar refractivity (Wildman–Crippen MR) is 73.8 cm³/mol. The molecule has 0 spiro atoms. The van der Waals surface area contributed by atoms with Crippen LogP contribution < -0.4 is 9.47 Å². The van der Waals surface area contributed by atoms with E-state index in [2.05, 4.69) is 10.3 Å². The molecular weight excluding hydrogens is 258 g/mol. The van der Waals surface area contributed by atoms with Crippen molar-refractivity contribution in [3.63, 3.8) is 0 Å². The molecule has 2 aromatic rings. The first-order valence-electron chi connectivity index (χ1n) is 6.59. The summed E-state index contributed by atoms with van der Waals surface area (Å²) in [6, 6.07) is 5.40. The van der Waals surface area contributed by atoms with Crippen LogP contribution in [0.4, 0.5) is 0 Å². The number of hydrogen-bond acceptors (Lipinski definition) is 5. The van der Waals surface area contributed by atoms with Crippen molar-refractivity contribution < 1.29 is 14.6 Å². The summed E-state index contributed by atoms with van der Waals surface area (Å²) in [5.74, 6) is 1.30. The monoisotopic (exact) mass is 277 g/mol. The van der Waals surface area contributed by atoms with Crippen molar-refractivity contribution in [3.05, 3.63) is 35.7 Å². The van der Waals surface area contributed by atoms with Crippen molar-refractivity contribution in [2.24, 2.45) is 7.05 Å². The molecule has 0 amide bonds. The molecule has 0 aliphatic carbocycles. The summed E-state index contributed by atoms with van der Waals surface area (Å²) in [5.41, 5.74) is 1.33. The zero-order valence-electron chi connectivity index (χ0n) is 11.9. The molecule has 0 saturated carbocycles. The summed E-state index contributed by atoms with van der Waals surface area (Å²) in [5, 5.41) is 18.0. The van der Waals surface area contributed by atoms with Crippen LogP contribution in [0.1, 0.15) is 31.2 Å². The number of aliphatic hydroxyl groups excluding tert-OH is 1. The van der Waals surface area contributed by atoms with Crippen molar-refractivity contribution in [1.29, 1.82) is 0 Å². The van der Waals surface area contributed by atoms with Gasteiger partial charge in [-0.05, 0) is 31.5 Å². The zero-order valence-corrected chi connectivity index (χ0v) is 11.9. The third-order valence-electron chi connectivity index (χ3n) is 2.91. The van der Waals surface area contributed by atoms with E-state index in [0.717, 1.165) is 0 Å². The Labute approximate surface area is 117 Å². The first-order chi connectivity index (χ1) is 9.67. The van der Waals surface area contributed by atoms with Crippen molar-refractivity contribution in [1.82, 2.24) is 15.0 Å². The largest absolute Gasteiger partial charge is 0.490 e. The van der Waals surface area contributed by atoms with E-state index in [1.807, 2.05) is 19.9 Å². The highest BCUT2D eigenvalue weighted by Crippen LogP contribution is 2.32. The second-order valence-corrected chi connectivity index (χ2v) is 4.26. The van der Waals surface area contributed by atoms with E-state index in [0.29, 0.717) is 36.0 Å². The molecule has 1 N–H and O–H groups in total. The van der Waals surface area contributed by atoms with Gasteiger partial charge >= 0.3 is 0 Å². The lowest BCUT2D eigenvalue weighted by Gasteiger charge is -2.15. The van der Waals surface area contributed by atoms with E-state index in [4.69, 9.17) is 9.47 Å². The van der Waals surface area contributed by atoms with E-state index in [1.54, 1.807) is 30.1 Å². The van der Waals surface area contributed by atoms with E-state index >= 15 is 0 Å². The summed E-state index contributed by atoms with van der Waals surface area (Å²) < 4.78 is 12.6. The first kappa shape index (κ1) is 14.3. The number of nitrogens with zero attached hydrogens (tertiary/aromatic N) is 3. The quantitative estimate of drug-likeness (QED) is 0.870. The van der Waals surface area contributed by atoms with Crippen LogP contribution in [0.5, 0.6) is 11.5 Å². The summed E-state index contributed by atoms with van der Waals surface area (Å²) in [4.78, 5) is 0. The van der Waals surface area contributed by atoms with Gasteiger partial charge in [0.2, 0.25) is 0 Å². The Morgan fingerprint density at radius 3 is 2.50 bits per heavy atom. The van der Waals surface area contributed by atoms with Crippen molar-refractivity contribution in [2.45, 2.75) is 20.0 Å². The first-order valence-corrected chi connectivity index (χ1v) is 6.59. The van der Waals surface area contributed by atoms with Gasteiger partial charge in [0.05, 0.1) is 25.1 Å². The molecule has 2 rings (SSSR count). The minimum Gasteiger partial charge on any atom is -0.490 e. The number of aromatic nitrogens is 3. The van der Waals surface area contributed by atoms with Gasteiger partial charge in [0.15, 0.2) is 11.5 Å². The molecule has 1 aromatic heterocycles. The molecule has 0 fully saturated rings. The van der Waals surface area contributed by atoms with Crippen molar-refractivity contribution in [3.8, 4) is 11.5 Å². The van der Waals surface area contributed by atoms with Gasteiger partial charge in [-0.15, -0.1) is 5.10 Å². The lowest BCUT2D eigenvalue weighted by atomic mass is 10.1. The Hall–Kier alpha value is -2.08. The molecule has 0 aliphatic rings. The topological polar surface area (TPSA) is 69.4 Å². The van der Waals surface area contributed by atoms with Crippen LogP contribution in [-0.4, -0.2) is 33.3 Å². The smallest absolute Gasteiger partial charge is 0.161 e. The number of benzene rings is 1. The average Bonchev–Trinajstić information content (AvgIpc) is 2.86. The molecule has 0 bridgehead atoms. The maximum absolute atomic E-state index is 10.4. The van der Waals surface area contributed by atoms with Crippen LogP contribution in [0, 0.1) is 0 Å². The SMILES string of the molecule is CCOc1ccc(C(O)c2cnnn2C)cc1OCC. The molecule has 6 nitrogen and oxygen atoms in total. The molecule has 0 radical (unpaired) electrons. The second kappa shape index (κ2) is 6.38. The lowest BCUT2D eigenvalue weighted by Crippen LogP contribution is -2.07. The molecule has 0 aliphatic heterocycles. The number of aliphatic hydroxyl groups is 1. The summed E-state index contributed by atoms with van der Waals surface area (Å²) in [6.07, 6.45) is 0.742. The molecule has 1 heterocycles. The van der Waals surface area contributed by atoms with Gasteiger partial charge in [0.1, 0.15) is 6.10 Å². The molecule has 0 saturated heterocycles. The standard InChI is InChI=1S/C14H19N3O3/c1-4-19-12-7-6-10(8-13(12)20-5-2)14(18)11-9-15-16-17(11)3/h6-9,14,18H,4-5H2,1-3H3. The Kier molecular flexibility index (Phi) is 4.57. The van der Waals surface area contributed by atoms with Gasteiger partial charge in [-0.3, -0.25) is 0 Å². The van der Waals surface area contributed by atoms with E-state index in [1.165, 1.54) is 0 Å². The Balaban J connectivity index is 2.32. The number of aryl methyl sites for hydroxylation is 1. The molecule has 1 atom stereocenters. The van der Waals surface area contributed by atoms with E-state index in [9.17, 15) is 5.11 Å². The Morgan fingerprint density at radius 2 is 1.90 bits per heavy atom. The van der Waals surface area contributed by atoms with E-state index < -0.39 is 6.10 Å². The van der Waals surface area contributed by atoms with Crippen LogP contribution in [0.3, 0.4) is 0 Å².